The normalized spacial score (nSPS) is 11.2. The number of sulfonamides is 1. The SMILES string of the molecule is Cc1c(Cl)cccc1N(CC(=O)NCCOCc1ccccc1)S(=O)(=O)c1ccccc1. The van der Waals surface area contributed by atoms with E-state index in [1.807, 2.05) is 30.3 Å². The topological polar surface area (TPSA) is 75.7 Å². The van der Waals surface area contributed by atoms with Crippen molar-refractivity contribution in [1.29, 1.82) is 0 Å². The van der Waals surface area contributed by atoms with Crippen molar-refractivity contribution in [3.8, 4) is 0 Å². The van der Waals surface area contributed by atoms with Crippen LogP contribution in [0.25, 0.3) is 0 Å². The molecule has 0 fully saturated rings. The van der Waals surface area contributed by atoms with E-state index in [1.165, 1.54) is 12.1 Å². The van der Waals surface area contributed by atoms with Gasteiger partial charge >= 0.3 is 0 Å². The molecule has 0 heterocycles. The standard InChI is InChI=1S/C24H25ClN2O4S/c1-19-22(25)13-8-14-23(19)27(32(29,30)21-11-6-3-7-12-21)17-24(28)26-15-16-31-18-20-9-4-2-5-10-20/h2-14H,15-18H2,1H3,(H,26,28). The molecule has 8 heteroatoms. The van der Waals surface area contributed by atoms with E-state index in [0.717, 1.165) is 9.87 Å². The molecule has 3 aromatic rings. The lowest BCUT2D eigenvalue weighted by atomic mass is 10.2. The summed E-state index contributed by atoms with van der Waals surface area (Å²) in [5.74, 6) is -0.438. The summed E-state index contributed by atoms with van der Waals surface area (Å²) in [4.78, 5) is 12.7. The molecule has 0 spiro atoms. The zero-order chi connectivity index (χ0) is 23.0. The Morgan fingerprint density at radius 3 is 2.31 bits per heavy atom. The summed E-state index contributed by atoms with van der Waals surface area (Å²) in [6.45, 7) is 2.35. The van der Waals surface area contributed by atoms with Crippen molar-refractivity contribution in [2.75, 3.05) is 24.0 Å². The molecular formula is C24H25ClN2O4S. The number of anilines is 1. The Labute approximate surface area is 193 Å². The average molecular weight is 473 g/mol. The molecule has 0 saturated heterocycles. The number of rotatable bonds is 10. The lowest BCUT2D eigenvalue weighted by molar-refractivity contribution is -0.119. The van der Waals surface area contributed by atoms with Crippen LogP contribution in [-0.4, -0.2) is 34.0 Å². The van der Waals surface area contributed by atoms with Gasteiger partial charge in [-0.05, 0) is 42.3 Å². The molecule has 3 rings (SSSR count). The van der Waals surface area contributed by atoms with Crippen molar-refractivity contribution >= 4 is 33.2 Å². The molecule has 0 aromatic heterocycles. The summed E-state index contributed by atoms with van der Waals surface area (Å²) < 4.78 is 33.3. The van der Waals surface area contributed by atoms with E-state index in [1.54, 1.807) is 43.3 Å². The van der Waals surface area contributed by atoms with Gasteiger partial charge in [0, 0.05) is 11.6 Å². The molecule has 168 valence electrons. The fourth-order valence-corrected chi connectivity index (χ4v) is 4.77. The Morgan fingerprint density at radius 1 is 0.969 bits per heavy atom. The predicted molar refractivity (Wildman–Crippen MR) is 126 cm³/mol. The van der Waals surface area contributed by atoms with Crippen LogP contribution in [0.4, 0.5) is 5.69 Å². The number of nitrogens with zero attached hydrogens (tertiary/aromatic N) is 1. The molecule has 0 unspecified atom stereocenters. The number of carbonyl (C=O) groups is 1. The number of benzene rings is 3. The Morgan fingerprint density at radius 2 is 1.62 bits per heavy atom. The number of halogens is 1. The smallest absolute Gasteiger partial charge is 0.264 e. The zero-order valence-electron chi connectivity index (χ0n) is 17.7. The Hall–Kier alpha value is -2.87. The quantitative estimate of drug-likeness (QED) is 0.449. The van der Waals surface area contributed by atoms with Gasteiger partial charge in [-0.3, -0.25) is 9.10 Å². The number of hydrogen-bond acceptors (Lipinski definition) is 4. The maximum Gasteiger partial charge on any atom is 0.264 e. The minimum atomic E-state index is -3.98. The maximum atomic E-state index is 13.3. The van der Waals surface area contributed by atoms with E-state index in [-0.39, 0.29) is 18.0 Å². The van der Waals surface area contributed by atoms with Gasteiger partial charge in [0.05, 0.1) is 23.8 Å². The molecule has 3 aromatic carbocycles. The molecule has 1 N–H and O–H groups in total. The molecule has 0 saturated carbocycles. The molecule has 0 aliphatic heterocycles. The van der Waals surface area contributed by atoms with Gasteiger partial charge in [-0.15, -0.1) is 0 Å². The van der Waals surface area contributed by atoms with Crippen LogP contribution in [0.3, 0.4) is 0 Å². The van der Waals surface area contributed by atoms with Gasteiger partial charge in [0.1, 0.15) is 6.54 Å². The summed E-state index contributed by atoms with van der Waals surface area (Å²) in [7, 11) is -3.98. The first-order chi connectivity index (χ1) is 15.4. The molecule has 0 radical (unpaired) electrons. The summed E-state index contributed by atoms with van der Waals surface area (Å²) in [6.07, 6.45) is 0. The van der Waals surface area contributed by atoms with Crippen LogP contribution in [0.15, 0.2) is 83.8 Å². The minimum absolute atomic E-state index is 0.0957. The second-order valence-corrected chi connectivity index (χ2v) is 9.37. The monoisotopic (exact) mass is 472 g/mol. The summed E-state index contributed by atoms with van der Waals surface area (Å²) >= 11 is 6.22. The van der Waals surface area contributed by atoms with Crippen molar-refractivity contribution in [3.05, 3.63) is 95.0 Å². The third kappa shape index (κ3) is 6.09. The highest BCUT2D eigenvalue weighted by atomic mass is 35.5. The molecule has 0 bridgehead atoms. The lowest BCUT2D eigenvalue weighted by Gasteiger charge is -2.26. The lowest BCUT2D eigenvalue weighted by Crippen LogP contribution is -2.42. The van der Waals surface area contributed by atoms with Crippen LogP contribution < -0.4 is 9.62 Å². The maximum absolute atomic E-state index is 13.3. The number of nitrogens with one attached hydrogen (secondary N) is 1. The Kier molecular flexibility index (Phi) is 8.27. The Bertz CT molecular complexity index is 1140. The molecule has 0 aliphatic carbocycles. The van der Waals surface area contributed by atoms with Gasteiger partial charge in [-0.2, -0.15) is 0 Å². The molecular weight excluding hydrogens is 448 g/mol. The molecule has 6 nitrogen and oxygen atoms in total. The van der Waals surface area contributed by atoms with Gasteiger partial charge in [0.2, 0.25) is 5.91 Å². The highest BCUT2D eigenvalue weighted by Gasteiger charge is 2.28. The van der Waals surface area contributed by atoms with Gasteiger partial charge in [0.25, 0.3) is 10.0 Å². The van der Waals surface area contributed by atoms with E-state index in [4.69, 9.17) is 16.3 Å². The fraction of sp³-hybridized carbons (Fsp3) is 0.208. The molecule has 0 atom stereocenters. The largest absolute Gasteiger partial charge is 0.375 e. The summed E-state index contributed by atoms with van der Waals surface area (Å²) in [5, 5.41) is 3.15. The number of amides is 1. The third-order valence-electron chi connectivity index (χ3n) is 4.81. The highest BCUT2D eigenvalue weighted by Crippen LogP contribution is 2.30. The molecule has 0 aliphatic rings. The van der Waals surface area contributed by atoms with Crippen LogP contribution in [0, 0.1) is 6.92 Å². The van der Waals surface area contributed by atoms with Gasteiger partial charge in [-0.1, -0.05) is 66.2 Å². The molecule has 1 amide bonds. The van der Waals surface area contributed by atoms with Crippen LogP contribution >= 0.6 is 11.6 Å². The average Bonchev–Trinajstić information content (AvgIpc) is 2.80. The predicted octanol–water partition coefficient (Wildman–Crippen LogP) is 4.18. The first kappa shape index (κ1) is 23.8. The van der Waals surface area contributed by atoms with Crippen molar-refractivity contribution in [2.24, 2.45) is 0 Å². The van der Waals surface area contributed by atoms with E-state index in [9.17, 15) is 13.2 Å². The molecule has 32 heavy (non-hydrogen) atoms. The van der Waals surface area contributed by atoms with Crippen LogP contribution in [0.1, 0.15) is 11.1 Å². The van der Waals surface area contributed by atoms with Crippen LogP contribution in [0.5, 0.6) is 0 Å². The highest BCUT2D eigenvalue weighted by molar-refractivity contribution is 7.92. The van der Waals surface area contributed by atoms with Crippen molar-refractivity contribution < 1.29 is 17.9 Å². The first-order valence-corrected chi connectivity index (χ1v) is 11.9. The van der Waals surface area contributed by atoms with Crippen molar-refractivity contribution in [2.45, 2.75) is 18.4 Å². The third-order valence-corrected chi connectivity index (χ3v) is 6.99. The second kappa shape index (κ2) is 11.1. The van der Waals surface area contributed by atoms with Crippen LogP contribution in [0.2, 0.25) is 5.02 Å². The van der Waals surface area contributed by atoms with Crippen LogP contribution in [-0.2, 0) is 26.2 Å². The van der Waals surface area contributed by atoms with E-state index < -0.39 is 15.9 Å². The summed E-state index contributed by atoms with van der Waals surface area (Å²) in [5.41, 5.74) is 1.97. The van der Waals surface area contributed by atoms with Gasteiger partial charge in [0.15, 0.2) is 0 Å². The van der Waals surface area contributed by atoms with E-state index in [2.05, 4.69) is 5.32 Å². The summed E-state index contributed by atoms with van der Waals surface area (Å²) in [6, 6.07) is 22.7. The van der Waals surface area contributed by atoms with Gasteiger partial charge in [-0.25, -0.2) is 8.42 Å². The zero-order valence-corrected chi connectivity index (χ0v) is 19.3. The minimum Gasteiger partial charge on any atom is -0.375 e. The number of carbonyl (C=O) groups excluding carboxylic acids is 1. The van der Waals surface area contributed by atoms with E-state index >= 15 is 0 Å². The fourth-order valence-electron chi connectivity index (χ4n) is 3.10. The Balaban J connectivity index is 1.69. The second-order valence-electron chi connectivity index (χ2n) is 7.10. The first-order valence-electron chi connectivity index (χ1n) is 10.1. The van der Waals surface area contributed by atoms with Crippen molar-refractivity contribution in [3.63, 3.8) is 0 Å². The van der Waals surface area contributed by atoms with E-state index in [0.29, 0.717) is 29.5 Å². The number of hydrogen-bond donors (Lipinski definition) is 1. The number of ether oxygens (including phenoxy) is 1. The van der Waals surface area contributed by atoms with Gasteiger partial charge < -0.3 is 10.1 Å². The van der Waals surface area contributed by atoms with Crippen molar-refractivity contribution in [1.82, 2.24) is 5.32 Å².